The molecule has 1 atom stereocenters. The van der Waals surface area contributed by atoms with E-state index in [1.54, 1.807) is 18.4 Å². The summed E-state index contributed by atoms with van der Waals surface area (Å²) in [4.78, 5) is 14.0. The first-order valence-electron chi connectivity index (χ1n) is 10.2. The standard InChI is InChI=1S/C24H24N4O2S2/c1-17(23(29)25-16-18-9-6-7-13-21(18)30-2)32-24-27-26-22(15-20-12-8-14-31-20)28(24)19-10-4-3-5-11-19/h3-14,17H,15-16H2,1-2H3,(H,25,29)/t17-/m1/s1. The van der Waals surface area contributed by atoms with Gasteiger partial charge in [-0.1, -0.05) is 54.2 Å². The van der Waals surface area contributed by atoms with E-state index < -0.39 is 0 Å². The van der Waals surface area contributed by atoms with Gasteiger partial charge in [-0.2, -0.15) is 0 Å². The van der Waals surface area contributed by atoms with Gasteiger partial charge in [-0.25, -0.2) is 0 Å². The number of amides is 1. The largest absolute Gasteiger partial charge is 0.496 e. The molecular weight excluding hydrogens is 440 g/mol. The van der Waals surface area contributed by atoms with Gasteiger partial charge in [0, 0.05) is 29.1 Å². The molecule has 0 saturated heterocycles. The minimum absolute atomic E-state index is 0.0664. The quantitative estimate of drug-likeness (QED) is 0.363. The van der Waals surface area contributed by atoms with Crippen molar-refractivity contribution in [1.29, 1.82) is 0 Å². The third-order valence-corrected chi connectivity index (χ3v) is 6.84. The number of hydrogen-bond donors (Lipinski definition) is 1. The number of carbonyl (C=O) groups is 1. The predicted octanol–water partition coefficient (Wildman–Crippen LogP) is 4.73. The van der Waals surface area contributed by atoms with Crippen molar-refractivity contribution >= 4 is 29.0 Å². The van der Waals surface area contributed by atoms with Crippen LogP contribution in [-0.2, 0) is 17.8 Å². The Balaban J connectivity index is 1.50. The smallest absolute Gasteiger partial charge is 0.233 e. The molecule has 0 aliphatic rings. The van der Waals surface area contributed by atoms with Gasteiger partial charge in [0.25, 0.3) is 0 Å². The number of carbonyl (C=O) groups excluding carboxylic acids is 1. The van der Waals surface area contributed by atoms with E-state index in [0.29, 0.717) is 18.1 Å². The van der Waals surface area contributed by atoms with Gasteiger partial charge in [-0.3, -0.25) is 9.36 Å². The Morgan fingerprint density at radius 3 is 2.62 bits per heavy atom. The minimum Gasteiger partial charge on any atom is -0.496 e. The average molecular weight is 465 g/mol. The number of hydrogen-bond acceptors (Lipinski definition) is 6. The number of nitrogens with one attached hydrogen (secondary N) is 1. The predicted molar refractivity (Wildman–Crippen MR) is 129 cm³/mol. The maximum absolute atomic E-state index is 12.8. The van der Waals surface area contributed by atoms with Crippen LogP contribution in [0.3, 0.4) is 0 Å². The monoisotopic (exact) mass is 464 g/mol. The van der Waals surface area contributed by atoms with Crippen LogP contribution in [0.2, 0.25) is 0 Å². The van der Waals surface area contributed by atoms with Crippen molar-refractivity contribution in [3.63, 3.8) is 0 Å². The molecule has 0 spiro atoms. The van der Waals surface area contributed by atoms with Crippen LogP contribution in [-0.4, -0.2) is 33.0 Å². The van der Waals surface area contributed by atoms with Gasteiger partial charge in [0.1, 0.15) is 11.6 Å². The van der Waals surface area contributed by atoms with Crippen molar-refractivity contribution in [3.8, 4) is 11.4 Å². The summed E-state index contributed by atoms with van der Waals surface area (Å²) in [6.45, 7) is 2.29. The van der Waals surface area contributed by atoms with E-state index in [4.69, 9.17) is 4.74 Å². The van der Waals surface area contributed by atoms with Crippen LogP contribution in [0.25, 0.3) is 5.69 Å². The van der Waals surface area contributed by atoms with Crippen molar-refractivity contribution in [3.05, 3.63) is 88.4 Å². The number of para-hydroxylation sites is 2. The average Bonchev–Trinajstić information content (AvgIpc) is 3.48. The number of thiophene rings is 1. The van der Waals surface area contributed by atoms with Gasteiger partial charge in [-0.15, -0.1) is 21.5 Å². The summed E-state index contributed by atoms with van der Waals surface area (Å²) in [5.41, 5.74) is 1.92. The normalized spacial score (nSPS) is 11.8. The Morgan fingerprint density at radius 1 is 1.09 bits per heavy atom. The molecule has 4 aromatic rings. The maximum Gasteiger partial charge on any atom is 0.233 e. The molecule has 0 aliphatic carbocycles. The second-order valence-corrected chi connectivity index (χ2v) is 9.46. The van der Waals surface area contributed by atoms with Crippen LogP contribution in [0.15, 0.2) is 77.3 Å². The van der Waals surface area contributed by atoms with Gasteiger partial charge in [0.05, 0.1) is 12.4 Å². The zero-order valence-corrected chi connectivity index (χ0v) is 19.5. The lowest BCUT2D eigenvalue weighted by Crippen LogP contribution is -2.30. The van der Waals surface area contributed by atoms with Crippen LogP contribution in [0.4, 0.5) is 0 Å². The molecule has 2 aromatic heterocycles. The van der Waals surface area contributed by atoms with Gasteiger partial charge in [-0.05, 0) is 36.6 Å². The summed E-state index contributed by atoms with van der Waals surface area (Å²) in [5, 5.41) is 14.3. The zero-order chi connectivity index (χ0) is 22.3. The molecule has 4 rings (SSSR count). The van der Waals surface area contributed by atoms with Crippen LogP contribution >= 0.6 is 23.1 Å². The van der Waals surface area contributed by atoms with E-state index in [1.165, 1.54) is 16.6 Å². The number of benzene rings is 2. The Hall–Kier alpha value is -3.10. The first-order chi connectivity index (χ1) is 15.7. The summed E-state index contributed by atoms with van der Waals surface area (Å²) < 4.78 is 7.40. The van der Waals surface area contributed by atoms with Gasteiger partial charge in [0.15, 0.2) is 5.16 Å². The second-order valence-electron chi connectivity index (χ2n) is 7.12. The lowest BCUT2D eigenvalue weighted by molar-refractivity contribution is -0.120. The molecule has 32 heavy (non-hydrogen) atoms. The number of rotatable bonds is 9. The Morgan fingerprint density at radius 2 is 1.88 bits per heavy atom. The van der Waals surface area contributed by atoms with E-state index in [9.17, 15) is 4.79 Å². The van der Waals surface area contributed by atoms with Crippen molar-refractivity contribution in [2.45, 2.75) is 30.3 Å². The minimum atomic E-state index is -0.342. The highest BCUT2D eigenvalue weighted by atomic mass is 32.2. The fourth-order valence-corrected chi connectivity index (χ4v) is 4.90. The summed E-state index contributed by atoms with van der Waals surface area (Å²) in [6.07, 6.45) is 0.689. The van der Waals surface area contributed by atoms with Crippen LogP contribution in [0.5, 0.6) is 5.75 Å². The SMILES string of the molecule is COc1ccccc1CNC(=O)[C@@H](C)Sc1nnc(Cc2cccs2)n1-c1ccccc1. The van der Waals surface area contributed by atoms with Crippen LogP contribution < -0.4 is 10.1 Å². The summed E-state index contributed by atoms with van der Waals surface area (Å²) in [5.74, 6) is 1.54. The van der Waals surface area contributed by atoms with Gasteiger partial charge in [0.2, 0.25) is 5.91 Å². The van der Waals surface area contributed by atoms with E-state index in [2.05, 4.69) is 27.0 Å². The fraction of sp³-hybridized carbons (Fsp3) is 0.208. The number of methoxy groups -OCH3 is 1. The molecular formula is C24H24N4O2S2. The van der Waals surface area contributed by atoms with Crippen molar-refractivity contribution in [2.75, 3.05) is 7.11 Å². The molecule has 2 aromatic carbocycles. The van der Waals surface area contributed by atoms with E-state index >= 15 is 0 Å². The number of aromatic nitrogens is 3. The van der Waals surface area contributed by atoms with Crippen molar-refractivity contribution in [1.82, 2.24) is 20.1 Å². The molecule has 0 bridgehead atoms. The molecule has 0 saturated carbocycles. The summed E-state index contributed by atoms with van der Waals surface area (Å²) >= 11 is 3.10. The molecule has 0 fully saturated rings. The molecule has 0 aliphatic heterocycles. The topological polar surface area (TPSA) is 69.0 Å². The highest BCUT2D eigenvalue weighted by molar-refractivity contribution is 8.00. The summed E-state index contributed by atoms with van der Waals surface area (Å²) in [6, 6.07) is 21.8. The van der Waals surface area contributed by atoms with Crippen LogP contribution in [0.1, 0.15) is 23.2 Å². The molecule has 8 heteroatoms. The van der Waals surface area contributed by atoms with E-state index in [-0.39, 0.29) is 11.2 Å². The van der Waals surface area contributed by atoms with E-state index in [0.717, 1.165) is 22.8 Å². The van der Waals surface area contributed by atoms with Gasteiger partial charge >= 0.3 is 0 Å². The second kappa shape index (κ2) is 10.5. The fourth-order valence-electron chi connectivity index (χ4n) is 3.28. The summed E-state index contributed by atoms with van der Waals surface area (Å²) in [7, 11) is 1.63. The van der Waals surface area contributed by atoms with Crippen molar-refractivity contribution < 1.29 is 9.53 Å². The number of nitrogens with zero attached hydrogens (tertiary/aromatic N) is 3. The highest BCUT2D eigenvalue weighted by Gasteiger charge is 2.21. The Kier molecular flexibility index (Phi) is 7.24. The zero-order valence-electron chi connectivity index (χ0n) is 17.9. The molecule has 6 nitrogen and oxygen atoms in total. The lowest BCUT2D eigenvalue weighted by Gasteiger charge is -2.14. The van der Waals surface area contributed by atoms with Gasteiger partial charge < -0.3 is 10.1 Å². The molecule has 2 heterocycles. The third kappa shape index (κ3) is 5.20. The van der Waals surface area contributed by atoms with Crippen molar-refractivity contribution in [2.24, 2.45) is 0 Å². The number of ether oxygens (including phenoxy) is 1. The first kappa shape index (κ1) is 22.1. The lowest BCUT2D eigenvalue weighted by atomic mass is 10.2. The molecule has 164 valence electrons. The Labute approximate surface area is 195 Å². The third-order valence-electron chi connectivity index (χ3n) is 4.92. The molecule has 1 N–H and O–H groups in total. The van der Waals surface area contributed by atoms with Crippen LogP contribution in [0, 0.1) is 0 Å². The van der Waals surface area contributed by atoms with E-state index in [1.807, 2.05) is 72.2 Å². The number of thioether (sulfide) groups is 1. The maximum atomic E-state index is 12.8. The highest BCUT2D eigenvalue weighted by Crippen LogP contribution is 2.27. The molecule has 0 radical (unpaired) electrons. The Bertz CT molecular complexity index is 1160. The molecule has 1 amide bonds. The first-order valence-corrected chi connectivity index (χ1v) is 12.0. The molecule has 0 unspecified atom stereocenters.